The highest BCUT2D eigenvalue weighted by molar-refractivity contribution is 5.82. The molecule has 2 atom stereocenters. The fourth-order valence-electron chi connectivity index (χ4n) is 3.92. The fourth-order valence-corrected chi connectivity index (χ4v) is 3.92. The lowest BCUT2D eigenvalue weighted by Gasteiger charge is -2.35. The lowest BCUT2D eigenvalue weighted by molar-refractivity contribution is -0.137. The molecule has 2 aliphatic rings. The number of allylic oxidation sites excluding steroid dienone is 6. The van der Waals surface area contributed by atoms with Crippen molar-refractivity contribution in [3.05, 3.63) is 60.5 Å². The Hall–Kier alpha value is -2.49. The second-order valence-corrected chi connectivity index (χ2v) is 7.79. The van der Waals surface area contributed by atoms with Crippen LogP contribution in [0.25, 0.3) is 5.57 Å². The van der Waals surface area contributed by atoms with E-state index in [9.17, 15) is 9.59 Å². The maximum absolute atomic E-state index is 12.5. The lowest BCUT2D eigenvalue weighted by atomic mass is 9.69. The van der Waals surface area contributed by atoms with E-state index < -0.39 is 5.97 Å². The summed E-state index contributed by atoms with van der Waals surface area (Å²) in [7, 11) is 0. The van der Waals surface area contributed by atoms with E-state index in [-0.39, 0.29) is 24.2 Å². The summed E-state index contributed by atoms with van der Waals surface area (Å²) >= 11 is 0. The predicted octanol–water partition coefficient (Wildman–Crippen LogP) is 4.69. The van der Waals surface area contributed by atoms with Crippen LogP contribution in [0.3, 0.4) is 0 Å². The Morgan fingerprint density at radius 1 is 1.22 bits per heavy atom. The number of ketones is 1. The van der Waals surface area contributed by atoms with Crippen molar-refractivity contribution in [2.45, 2.75) is 39.0 Å². The Labute approximate surface area is 160 Å². The fraction of sp³-hybridized carbons (Fsp3) is 0.435. The monoisotopic (exact) mass is 365 g/mol. The first-order chi connectivity index (χ1) is 13.0. The van der Waals surface area contributed by atoms with Gasteiger partial charge in [0.2, 0.25) is 0 Å². The molecule has 0 aliphatic heterocycles. The summed E-state index contributed by atoms with van der Waals surface area (Å²) in [5.74, 6) is 0.638. The van der Waals surface area contributed by atoms with Gasteiger partial charge < -0.3 is 5.11 Å². The van der Waals surface area contributed by atoms with E-state index in [1.165, 1.54) is 0 Å². The molecular weight excluding hydrogens is 338 g/mol. The van der Waals surface area contributed by atoms with Gasteiger partial charge in [0.15, 0.2) is 0 Å². The summed E-state index contributed by atoms with van der Waals surface area (Å²) in [6.07, 6.45) is 17.5. The Bertz CT molecular complexity index is 757. The SMILES string of the molecule is CC(CC(=O)C1CC(CCC(=O)O)C1)C1C=CC=C(c2ccncc2)C=C1. The molecule has 0 spiro atoms. The van der Waals surface area contributed by atoms with E-state index in [0.717, 1.165) is 24.0 Å². The molecule has 1 N–H and O–H groups in total. The number of hydrogen-bond donors (Lipinski definition) is 1. The highest BCUT2D eigenvalue weighted by atomic mass is 16.4. The van der Waals surface area contributed by atoms with Gasteiger partial charge >= 0.3 is 5.97 Å². The molecule has 0 radical (unpaired) electrons. The van der Waals surface area contributed by atoms with Gasteiger partial charge in [0.25, 0.3) is 0 Å². The minimum atomic E-state index is -0.745. The maximum atomic E-state index is 12.5. The van der Waals surface area contributed by atoms with Crippen molar-refractivity contribution in [1.82, 2.24) is 4.98 Å². The molecule has 2 unspecified atom stereocenters. The van der Waals surface area contributed by atoms with Gasteiger partial charge in [0.1, 0.15) is 5.78 Å². The van der Waals surface area contributed by atoms with Crippen LogP contribution >= 0.6 is 0 Å². The Morgan fingerprint density at radius 3 is 2.67 bits per heavy atom. The van der Waals surface area contributed by atoms with Gasteiger partial charge in [0, 0.05) is 31.2 Å². The summed E-state index contributed by atoms with van der Waals surface area (Å²) in [6, 6.07) is 3.99. The van der Waals surface area contributed by atoms with Gasteiger partial charge in [-0.15, -0.1) is 0 Å². The molecule has 1 heterocycles. The van der Waals surface area contributed by atoms with Gasteiger partial charge in [0.05, 0.1) is 0 Å². The first kappa shape index (κ1) is 19.3. The van der Waals surface area contributed by atoms with Crippen molar-refractivity contribution >= 4 is 17.3 Å². The second kappa shape index (κ2) is 8.94. The van der Waals surface area contributed by atoms with Crippen LogP contribution in [0.15, 0.2) is 54.9 Å². The molecule has 0 amide bonds. The molecule has 142 valence electrons. The normalized spacial score (nSPS) is 25.2. The summed E-state index contributed by atoms with van der Waals surface area (Å²) in [5.41, 5.74) is 2.28. The van der Waals surface area contributed by atoms with Crippen molar-refractivity contribution in [2.75, 3.05) is 0 Å². The summed E-state index contributed by atoms with van der Waals surface area (Å²) in [5, 5.41) is 8.75. The Kier molecular flexibility index (Phi) is 6.38. The number of pyridine rings is 1. The molecule has 1 aromatic heterocycles. The van der Waals surface area contributed by atoms with Gasteiger partial charge in [-0.2, -0.15) is 0 Å². The van der Waals surface area contributed by atoms with E-state index >= 15 is 0 Å². The first-order valence-corrected chi connectivity index (χ1v) is 9.74. The average Bonchev–Trinajstić information content (AvgIpc) is 2.87. The Morgan fingerprint density at radius 2 is 1.96 bits per heavy atom. The standard InChI is InChI=1S/C23H27NO3/c1-16(13-22(25)21-14-17(15-21)5-8-23(26)27)18-3-2-4-19(7-6-18)20-9-11-24-12-10-20/h2-4,6-7,9-12,16-18,21H,5,8,13-15H2,1H3,(H,26,27). The second-order valence-electron chi connectivity index (χ2n) is 7.79. The molecule has 1 aromatic rings. The Balaban J connectivity index is 1.48. The van der Waals surface area contributed by atoms with Crippen LogP contribution in [0.5, 0.6) is 0 Å². The van der Waals surface area contributed by atoms with E-state index in [2.05, 4.69) is 42.3 Å². The van der Waals surface area contributed by atoms with Crippen molar-refractivity contribution in [2.24, 2.45) is 23.7 Å². The molecule has 0 bridgehead atoms. The molecule has 27 heavy (non-hydrogen) atoms. The number of aromatic nitrogens is 1. The molecule has 0 saturated heterocycles. The zero-order valence-corrected chi connectivity index (χ0v) is 15.8. The third-order valence-corrected chi connectivity index (χ3v) is 5.76. The van der Waals surface area contributed by atoms with E-state index in [4.69, 9.17) is 5.11 Å². The van der Waals surface area contributed by atoms with Gasteiger partial charge in [-0.25, -0.2) is 0 Å². The third-order valence-electron chi connectivity index (χ3n) is 5.76. The highest BCUT2D eigenvalue weighted by Crippen LogP contribution is 2.39. The zero-order chi connectivity index (χ0) is 19.2. The number of carboxylic acid groups (broad SMARTS) is 1. The number of hydrogen-bond acceptors (Lipinski definition) is 3. The molecular formula is C23H27NO3. The first-order valence-electron chi connectivity index (χ1n) is 9.74. The van der Waals surface area contributed by atoms with E-state index in [0.29, 0.717) is 24.5 Å². The van der Waals surface area contributed by atoms with Crippen LogP contribution < -0.4 is 0 Å². The van der Waals surface area contributed by atoms with Gasteiger partial charge in [-0.3, -0.25) is 14.6 Å². The summed E-state index contributed by atoms with van der Waals surface area (Å²) < 4.78 is 0. The number of nitrogens with zero attached hydrogens (tertiary/aromatic N) is 1. The molecule has 3 rings (SSSR count). The molecule has 4 heteroatoms. The maximum Gasteiger partial charge on any atom is 0.303 e. The minimum Gasteiger partial charge on any atom is -0.481 e. The third kappa shape index (κ3) is 5.25. The quantitative estimate of drug-likeness (QED) is 0.725. The molecule has 1 saturated carbocycles. The molecule has 0 aromatic carbocycles. The van der Waals surface area contributed by atoms with Crippen molar-refractivity contribution < 1.29 is 14.7 Å². The number of carbonyl (C=O) groups excluding carboxylic acids is 1. The van der Waals surface area contributed by atoms with Crippen LogP contribution in [0.4, 0.5) is 0 Å². The van der Waals surface area contributed by atoms with Crippen molar-refractivity contribution in [3.8, 4) is 0 Å². The number of carbonyl (C=O) groups is 2. The molecule has 4 nitrogen and oxygen atoms in total. The van der Waals surface area contributed by atoms with Gasteiger partial charge in [-0.05, 0) is 60.3 Å². The smallest absolute Gasteiger partial charge is 0.303 e. The van der Waals surface area contributed by atoms with Crippen LogP contribution in [0.2, 0.25) is 0 Å². The number of aliphatic carboxylic acids is 1. The molecule has 1 fully saturated rings. The summed E-state index contributed by atoms with van der Waals surface area (Å²) in [4.78, 5) is 27.2. The minimum absolute atomic E-state index is 0.135. The van der Waals surface area contributed by atoms with Crippen molar-refractivity contribution in [1.29, 1.82) is 0 Å². The van der Waals surface area contributed by atoms with Crippen molar-refractivity contribution in [3.63, 3.8) is 0 Å². The van der Waals surface area contributed by atoms with E-state index in [1.54, 1.807) is 12.4 Å². The summed E-state index contributed by atoms with van der Waals surface area (Å²) in [6.45, 7) is 2.13. The zero-order valence-electron chi connectivity index (χ0n) is 15.8. The number of carboxylic acids is 1. The largest absolute Gasteiger partial charge is 0.481 e. The average molecular weight is 365 g/mol. The topological polar surface area (TPSA) is 67.3 Å². The number of Topliss-reactive ketones (excluding diaryl/α,β-unsaturated/α-hetero) is 1. The van der Waals surface area contributed by atoms with Crippen LogP contribution in [0.1, 0.15) is 44.6 Å². The van der Waals surface area contributed by atoms with Gasteiger partial charge in [-0.1, -0.05) is 37.3 Å². The van der Waals surface area contributed by atoms with Crippen LogP contribution in [-0.4, -0.2) is 21.8 Å². The van der Waals surface area contributed by atoms with Crippen LogP contribution in [-0.2, 0) is 9.59 Å². The number of rotatable bonds is 8. The molecule has 2 aliphatic carbocycles. The predicted molar refractivity (Wildman–Crippen MR) is 106 cm³/mol. The van der Waals surface area contributed by atoms with Crippen LogP contribution in [0, 0.1) is 23.7 Å². The lowest BCUT2D eigenvalue weighted by Crippen LogP contribution is -2.32. The van der Waals surface area contributed by atoms with E-state index in [1.807, 2.05) is 12.1 Å². The highest BCUT2D eigenvalue weighted by Gasteiger charge is 2.34.